The summed E-state index contributed by atoms with van der Waals surface area (Å²) in [6.07, 6.45) is 0.692. The maximum absolute atomic E-state index is 11.5. The summed E-state index contributed by atoms with van der Waals surface area (Å²) in [6, 6.07) is 5.14. The molecule has 0 saturated heterocycles. The van der Waals surface area contributed by atoms with Gasteiger partial charge in [0.05, 0.1) is 10.9 Å². The van der Waals surface area contributed by atoms with E-state index in [-0.39, 0.29) is 5.56 Å². The van der Waals surface area contributed by atoms with Crippen molar-refractivity contribution in [2.45, 2.75) is 0 Å². The molecule has 0 unspecified atom stereocenters. The Morgan fingerprint density at radius 2 is 2.23 bits per heavy atom. The highest BCUT2D eigenvalue weighted by Crippen LogP contribution is 2.10. The maximum Gasteiger partial charge on any atom is 0.274 e. The monoisotopic (exact) mass is 176 g/mol. The standard InChI is InChI=1S/C9H8N2O2/c1-11-9(13)8-6(5-12)3-2-4-7(8)10-11/h2-5,10H,1H3. The summed E-state index contributed by atoms with van der Waals surface area (Å²) in [5, 5.41) is 3.31. The Morgan fingerprint density at radius 1 is 1.46 bits per heavy atom. The lowest BCUT2D eigenvalue weighted by atomic mass is 10.1. The zero-order valence-electron chi connectivity index (χ0n) is 7.07. The van der Waals surface area contributed by atoms with E-state index in [9.17, 15) is 9.59 Å². The number of hydrogen-bond donors (Lipinski definition) is 1. The third kappa shape index (κ3) is 0.989. The van der Waals surface area contributed by atoms with Gasteiger partial charge in [0.15, 0.2) is 6.29 Å². The van der Waals surface area contributed by atoms with Gasteiger partial charge in [0.25, 0.3) is 5.56 Å². The highest BCUT2D eigenvalue weighted by molar-refractivity contribution is 5.95. The molecule has 0 aliphatic heterocycles. The van der Waals surface area contributed by atoms with Gasteiger partial charge < -0.3 is 0 Å². The Labute approximate surface area is 73.8 Å². The van der Waals surface area contributed by atoms with Crippen LogP contribution in [0.15, 0.2) is 23.0 Å². The van der Waals surface area contributed by atoms with E-state index < -0.39 is 0 Å². The number of aromatic amines is 1. The Hall–Kier alpha value is -1.84. The van der Waals surface area contributed by atoms with E-state index in [0.29, 0.717) is 22.8 Å². The molecule has 0 bridgehead atoms. The minimum Gasteiger partial charge on any atom is -0.298 e. The van der Waals surface area contributed by atoms with Gasteiger partial charge in [0, 0.05) is 12.6 Å². The van der Waals surface area contributed by atoms with E-state index in [0.717, 1.165) is 0 Å². The van der Waals surface area contributed by atoms with Crippen molar-refractivity contribution in [3.05, 3.63) is 34.1 Å². The Bertz CT molecular complexity index is 522. The Morgan fingerprint density at radius 3 is 2.92 bits per heavy atom. The molecule has 13 heavy (non-hydrogen) atoms. The van der Waals surface area contributed by atoms with Gasteiger partial charge in [-0.25, -0.2) is 0 Å². The van der Waals surface area contributed by atoms with Gasteiger partial charge in [-0.3, -0.25) is 19.4 Å². The molecule has 0 amide bonds. The molecule has 0 aliphatic rings. The fraction of sp³-hybridized carbons (Fsp3) is 0.111. The number of rotatable bonds is 1. The first-order valence-corrected chi connectivity index (χ1v) is 3.87. The van der Waals surface area contributed by atoms with Crippen molar-refractivity contribution in [1.29, 1.82) is 0 Å². The first-order chi connectivity index (χ1) is 6.24. The molecule has 1 heterocycles. The highest BCUT2D eigenvalue weighted by atomic mass is 16.1. The lowest BCUT2D eigenvalue weighted by Gasteiger charge is -1.89. The number of aldehydes is 1. The number of H-pyrrole nitrogens is 1. The van der Waals surface area contributed by atoms with E-state index in [1.165, 1.54) is 4.68 Å². The van der Waals surface area contributed by atoms with E-state index in [1.807, 2.05) is 0 Å². The van der Waals surface area contributed by atoms with E-state index in [1.54, 1.807) is 25.2 Å². The summed E-state index contributed by atoms with van der Waals surface area (Å²) in [5.74, 6) is 0. The van der Waals surface area contributed by atoms with Crippen LogP contribution < -0.4 is 5.56 Å². The lowest BCUT2D eigenvalue weighted by molar-refractivity contribution is 0.112. The van der Waals surface area contributed by atoms with Crippen molar-refractivity contribution < 1.29 is 4.79 Å². The molecule has 0 fully saturated rings. The van der Waals surface area contributed by atoms with Crippen molar-refractivity contribution in [2.75, 3.05) is 0 Å². The smallest absolute Gasteiger partial charge is 0.274 e. The third-order valence-electron chi connectivity index (χ3n) is 2.03. The summed E-state index contributed by atoms with van der Waals surface area (Å²) < 4.78 is 1.36. The fourth-order valence-corrected chi connectivity index (χ4v) is 1.40. The number of carbonyl (C=O) groups is 1. The molecule has 0 spiro atoms. The number of aryl methyl sites for hydroxylation is 1. The van der Waals surface area contributed by atoms with Gasteiger partial charge in [-0.05, 0) is 6.07 Å². The van der Waals surface area contributed by atoms with Crippen molar-refractivity contribution in [1.82, 2.24) is 9.78 Å². The number of fused-ring (bicyclic) bond motifs is 1. The SMILES string of the molecule is Cn1[nH]c2cccc(C=O)c2c1=O. The van der Waals surface area contributed by atoms with Gasteiger partial charge >= 0.3 is 0 Å². The number of nitrogens with one attached hydrogen (secondary N) is 1. The molecule has 1 N–H and O–H groups in total. The molecule has 4 nitrogen and oxygen atoms in total. The molecule has 0 atom stereocenters. The maximum atomic E-state index is 11.5. The summed E-state index contributed by atoms with van der Waals surface area (Å²) in [6.45, 7) is 0. The average molecular weight is 176 g/mol. The Kier molecular flexibility index (Phi) is 1.55. The van der Waals surface area contributed by atoms with Gasteiger partial charge in [-0.1, -0.05) is 12.1 Å². The van der Waals surface area contributed by atoms with Crippen LogP contribution in [-0.2, 0) is 7.05 Å². The molecule has 4 heteroatoms. The summed E-state index contributed by atoms with van der Waals surface area (Å²) in [4.78, 5) is 22.1. The highest BCUT2D eigenvalue weighted by Gasteiger charge is 2.07. The average Bonchev–Trinajstić information content (AvgIpc) is 2.43. The van der Waals surface area contributed by atoms with Crippen molar-refractivity contribution in [3.63, 3.8) is 0 Å². The molecule has 0 saturated carbocycles. The second-order valence-corrected chi connectivity index (χ2v) is 2.86. The molecule has 1 aromatic heterocycles. The second kappa shape index (κ2) is 2.58. The Balaban J connectivity index is 3.03. The molecule has 0 aliphatic carbocycles. The van der Waals surface area contributed by atoms with Crippen molar-refractivity contribution >= 4 is 17.2 Å². The third-order valence-corrected chi connectivity index (χ3v) is 2.03. The van der Waals surface area contributed by atoms with Crippen LogP contribution in [0.4, 0.5) is 0 Å². The molecule has 2 rings (SSSR count). The molecular weight excluding hydrogens is 168 g/mol. The van der Waals surface area contributed by atoms with Crippen LogP contribution in [0.3, 0.4) is 0 Å². The molecule has 66 valence electrons. The zero-order chi connectivity index (χ0) is 9.42. The quantitative estimate of drug-likeness (QED) is 0.649. The molecule has 2 aromatic rings. The zero-order valence-corrected chi connectivity index (χ0v) is 7.07. The van der Waals surface area contributed by atoms with Crippen LogP contribution in [-0.4, -0.2) is 16.1 Å². The largest absolute Gasteiger partial charge is 0.298 e. The van der Waals surface area contributed by atoms with Crippen LogP contribution in [0.1, 0.15) is 10.4 Å². The van der Waals surface area contributed by atoms with Gasteiger partial charge in [-0.2, -0.15) is 0 Å². The van der Waals surface area contributed by atoms with Crippen LogP contribution >= 0.6 is 0 Å². The molecular formula is C9H8N2O2. The molecule has 0 radical (unpaired) electrons. The number of benzene rings is 1. The number of aromatic nitrogens is 2. The van der Waals surface area contributed by atoms with Crippen molar-refractivity contribution in [2.24, 2.45) is 7.05 Å². The number of hydrogen-bond acceptors (Lipinski definition) is 2. The lowest BCUT2D eigenvalue weighted by Crippen LogP contribution is -2.12. The van der Waals surface area contributed by atoms with Gasteiger partial charge in [0.1, 0.15) is 0 Å². The summed E-state index contributed by atoms with van der Waals surface area (Å²) in [5.41, 5.74) is 0.953. The van der Waals surface area contributed by atoms with E-state index in [2.05, 4.69) is 5.10 Å². The van der Waals surface area contributed by atoms with E-state index >= 15 is 0 Å². The number of carbonyl (C=O) groups excluding carboxylic acids is 1. The summed E-state index contributed by atoms with van der Waals surface area (Å²) in [7, 11) is 1.62. The first kappa shape index (κ1) is 7.79. The normalized spacial score (nSPS) is 10.5. The topological polar surface area (TPSA) is 54.9 Å². The van der Waals surface area contributed by atoms with Crippen LogP contribution in [0.25, 0.3) is 10.9 Å². The van der Waals surface area contributed by atoms with Gasteiger partial charge in [0.2, 0.25) is 0 Å². The van der Waals surface area contributed by atoms with Crippen LogP contribution in [0, 0.1) is 0 Å². The second-order valence-electron chi connectivity index (χ2n) is 2.86. The predicted molar refractivity (Wildman–Crippen MR) is 48.9 cm³/mol. The molecule has 1 aromatic carbocycles. The number of nitrogens with zero attached hydrogens (tertiary/aromatic N) is 1. The van der Waals surface area contributed by atoms with Crippen LogP contribution in [0.5, 0.6) is 0 Å². The fourth-order valence-electron chi connectivity index (χ4n) is 1.40. The van der Waals surface area contributed by atoms with Crippen molar-refractivity contribution in [3.8, 4) is 0 Å². The van der Waals surface area contributed by atoms with Gasteiger partial charge in [-0.15, -0.1) is 0 Å². The summed E-state index contributed by atoms with van der Waals surface area (Å²) >= 11 is 0. The minimum absolute atomic E-state index is 0.169. The van der Waals surface area contributed by atoms with Crippen LogP contribution in [0.2, 0.25) is 0 Å². The van der Waals surface area contributed by atoms with E-state index in [4.69, 9.17) is 0 Å². The first-order valence-electron chi connectivity index (χ1n) is 3.87. The predicted octanol–water partition coefficient (Wildman–Crippen LogP) is 0.679. The minimum atomic E-state index is -0.169.